The molecule has 1 fully saturated rings. The number of ether oxygens (including phenoxy) is 2. The smallest absolute Gasteiger partial charge is 0.314 e. The highest BCUT2D eigenvalue weighted by atomic mass is 19.1. The van der Waals surface area contributed by atoms with Gasteiger partial charge in [-0.25, -0.2) is 8.78 Å². The van der Waals surface area contributed by atoms with Gasteiger partial charge < -0.3 is 9.47 Å². The zero-order valence-corrected chi connectivity index (χ0v) is 15.4. The van der Waals surface area contributed by atoms with Crippen molar-refractivity contribution >= 4 is 11.9 Å². The summed E-state index contributed by atoms with van der Waals surface area (Å²) in [6, 6.07) is 2.08. The summed E-state index contributed by atoms with van der Waals surface area (Å²) in [5, 5.41) is 0. The number of benzene rings is 1. The zero-order chi connectivity index (χ0) is 19.8. The Morgan fingerprint density at radius 2 is 1.74 bits per heavy atom. The molecule has 0 bridgehead atoms. The predicted molar refractivity (Wildman–Crippen MR) is 93.0 cm³/mol. The molecule has 1 saturated carbocycles. The monoisotopic (exact) mass is 386 g/mol. The number of alkyl halides is 1. The summed E-state index contributed by atoms with van der Waals surface area (Å²) in [5.74, 6) is -3.13. The van der Waals surface area contributed by atoms with E-state index < -0.39 is 36.2 Å². The average molecular weight is 386 g/mol. The van der Waals surface area contributed by atoms with Crippen LogP contribution < -0.4 is 4.74 Å². The highest BCUT2D eigenvalue weighted by Gasteiger charge is 2.29. The molecular weight excluding hydrogens is 361 g/mol. The van der Waals surface area contributed by atoms with E-state index in [9.17, 15) is 22.8 Å². The number of halogens is 3. The van der Waals surface area contributed by atoms with Crippen LogP contribution in [-0.2, 0) is 20.7 Å². The molecule has 0 spiro atoms. The fourth-order valence-electron chi connectivity index (χ4n) is 3.17. The fourth-order valence-corrected chi connectivity index (χ4v) is 3.17. The van der Waals surface area contributed by atoms with Crippen LogP contribution in [0.2, 0.25) is 0 Å². The van der Waals surface area contributed by atoms with Gasteiger partial charge in [0.25, 0.3) is 0 Å². The first-order valence-electron chi connectivity index (χ1n) is 9.39. The SMILES string of the molecule is CCCCc1c(F)cc(OC(=O)C2CCC(OC(=O)CCF)CC2)cc1F. The quantitative estimate of drug-likeness (QED) is 0.481. The van der Waals surface area contributed by atoms with Crippen molar-refractivity contribution in [1.82, 2.24) is 0 Å². The molecule has 0 N–H and O–H groups in total. The zero-order valence-electron chi connectivity index (χ0n) is 15.4. The molecule has 1 aromatic carbocycles. The van der Waals surface area contributed by atoms with Gasteiger partial charge in [0.1, 0.15) is 23.5 Å². The lowest BCUT2D eigenvalue weighted by Crippen LogP contribution is -2.30. The van der Waals surface area contributed by atoms with E-state index in [0.29, 0.717) is 38.5 Å². The first-order valence-corrected chi connectivity index (χ1v) is 9.39. The molecule has 7 heteroatoms. The van der Waals surface area contributed by atoms with Crippen LogP contribution in [0.4, 0.5) is 13.2 Å². The number of carbonyl (C=O) groups excluding carboxylic acids is 2. The second kappa shape index (κ2) is 10.3. The predicted octanol–water partition coefficient (Wildman–Crippen LogP) is 4.67. The summed E-state index contributed by atoms with van der Waals surface area (Å²) >= 11 is 0. The van der Waals surface area contributed by atoms with Gasteiger partial charge in [-0.1, -0.05) is 13.3 Å². The summed E-state index contributed by atoms with van der Waals surface area (Å²) in [6.07, 6.45) is 3.00. The summed E-state index contributed by atoms with van der Waals surface area (Å²) in [4.78, 5) is 23.6. The van der Waals surface area contributed by atoms with Gasteiger partial charge in [-0.15, -0.1) is 0 Å². The third-order valence-corrected chi connectivity index (χ3v) is 4.72. The highest BCUT2D eigenvalue weighted by Crippen LogP contribution is 2.29. The van der Waals surface area contributed by atoms with Crippen LogP contribution >= 0.6 is 0 Å². The molecule has 0 heterocycles. The van der Waals surface area contributed by atoms with Gasteiger partial charge >= 0.3 is 11.9 Å². The van der Waals surface area contributed by atoms with Crippen molar-refractivity contribution in [3.05, 3.63) is 29.3 Å². The van der Waals surface area contributed by atoms with Gasteiger partial charge in [-0.2, -0.15) is 0 Å². The highest BCUT2D eigenvalue weighted by molar-refractivity contribution is 5.75. The summed E-state index contributed by atoms with van der Waals surface area (Å²) in [5.41, 5.74) is 0.00672. The molecule has 0 aromatic heterocycles. The molecule has 27 heavy (non-hydrogen) atoms. The van der Waals surface area contributed by atoms with Crippen molar-refractivity contribution in [2.24, 2.45) is 5.92 Å². The largest absolute Gasteiger partial charge is 0.462 e. The lowest BCUT2D eigenvalue weighted by atomic mass is 9.87. The number of hydrogen-bond donors (Lipinski definition) is 0. The van der Waals surface area contributed by atoms with Crippen molar-refractivity contribution in [2.75, 3.05) is 6.67 Å². The summed E-state index contributed by atoms with van der Waals surface area (Å²) < 4.78 is 50.5. The molecule has 0 unspecified atom stereocenters. The average Bonchev–Trinajstić information content (AvgIpc) is 2.62. The molecular formula is C20H25F3O4. The minimum Gasteiger partial charge on any atom is -0.462 e. The van der Waals surface area contributed by atoms with Gasteiger partial charge in [0.2, 0.25) is 0 Å². The second-order valence-electron chi connectivity index (χ2n) is 6.79. The molecule has 0 saturated heterocycles. The van der Waals surface area contributed by atoms with E-state index in [1.54, 1.807) is 0 Å². The molecule has 0 aliphatic heterocycles. The van der Waals surface area contributed by atoms with Crippen LogP contribution in [0, 0.1) is 17.6 Å². The maximum absolute atomic E-state index is 14.1. The van der Waals surface area contributed by atoms with E-state index in [1.807, 2.05) is 6.92 Å². The van der Waals surface area contributed by atoms with Crippen molar-refractivity contribution in [2.45, 2.75) is 64.4 Å². The molecule has 0 radical (unpaired) electrons. The van der Waals surface area contributed by atoms with E-state index in [0.717, 1.165) is 18.6 Å². The molecule has 0 atom stereocenters. The van der Waals surface area contributed by atoms with E-state index in [-0.39, 0.29) is 23.8 Å². The first kappa shape index (κ1) is 21.3. The Balaban J connectivity index is 1.88. The Bertz CT molecular complexity index is 632. The van der Waals surface area contributed by atoms with E-state index >= 15 is 0 Å². The summed E-state index contributed by atoms with van der Waals surface area (Å²) in [6.45, 7) is 1.17. The van der Waals surface area contributed by atoms with Crippen LogP contribution in [0.3, 0.4) is 0 Å². The lowest BCUT2D eigenvalue weighted by Gasteiger charge is -2.27. The van der Waals surface area contributed by atoms with E-state index in [1.165, 1.54) is 0 Å². The maximum Gasteiger partial charge on any atom is 0.314 e. The van der Waals surface area contributed by atoms with Crippen LogP contribution in [0.25, 0.3) is 0 Å². The third-order valence-electron chi connectivity index (χ3n) is 4.72. The minimum atomic E-state index is -0.759. The van der Waals surface area contributed by atoms with Crippen molar-refractivity contribution < 1.29 is 32.2 Å². The Morgan fingerprint density at radius 1 is 1.11 bits per heavy atom. The number of rotatable bonds is 8. The van der Waals surface area contributed by atoms with Gasteiger partial charge in [0.15, 0.2) is 0 Å². The Kier molecular flexibility index (Phi) is 8.13. The molecule has 2 rings (SSSR count). The van der Waals surface area contributed by atoms with Crippen molar-refractivity contribution in [3.8, 4) is 5.75 Å². The molecule has 150 valence electrons. The third kappa shape index (κ3) is 6.26. The maximum atomic E-state index is 14.1. The van der Waals surface area contributed by atoms with E-state index in [4.69, 9.17) is 9.47 Å². The van der Waals surface area contributed by atoms with E-state index in [2.05, 4.69) is 0 Å². The lowest BCUT2D eigenvalue weighted by molar-refractivity contribution is -0.152. The van der Waals surface area contributed by atoms with Gasteiger partial charge in [-0.3, -0.25) is 14.0 Å². The number of esters is 2. The normalized spacial score (nSPS) is 19.6. The van der Waals surface area contributed by atoms with Crippen LogP contribution in [0.1, 0.15) is 57.4 Å². The Labute approximate surface area is 157 Å². The van der Waals surface area contributed by atoms with Crippen molar-refractivity contribution in [3.63, 3.8) is 0 Å². The minimum absolute atomic E-state index is 0.00672. The van der Waals surface area contributed by atoms with Crippen LogP contribution in [0.15, 0.2) is 12.1 Å². The van der Waals surface area contributed by atoms with Crippen LogP contribution in [0.5, 0.6) is 5.75 Å². The Hall–Kier alpha value is -2.05. The first-order chi connectivity index (χ1) is 12.9. The summed E-state index contributed by atoms with van der Waals surface area (Å²) in [7, 11) is 0. The number of unbranched alkanes of at least 4 members (excludes halogenated alkanes) is 1. The molecule has 1 aromatic rings. The molecule has 0 amide bonds. The van der Waals surface area contributed by atoms with Gasteiger partial charge in [-0.05, 0) is 38.5 Å². The molecule has 1 aliphatic carbocycles. The number of carbonyl (C=O) groups is 2. The topological polar surface area (TPSA) is 52.6 Å². The fraction of sp³-hybridized carbons (Fsp3) is 0.600. The standard InChI is InChI=1S/C20H25F3O4/c1-2-3-4-16-17(22)11-15(12-18(16)23)27-20(25)13-5-7-14(8-6-13)26-19(24)9-10-21/h11-14H,2-10H2,1H3. The molecule has 1 aliphatic rings. The number of hydrogen-bond acceptors (Lipinski definition) is 4. The Morgan fingerprint density at radius 3 is 2.30 bits per heavy atom. The van der Waals surface area contributed by atoms with Crippen LogP contribution in [-0.4, -0.2) is 24.7 Å². The van der Waals surface area contributed by atoms with Crippen molar-refractivity contribution in [1.29, 1.82) is 0 Å². The molecule has 4 nitrogen and oxygen atoms in total. The van der Waals surface area contributed by atoms with Gasteiger partial charge in [0.05, 0.1) is 19.0 Å². The second-order valence-corrected chi connectivity index (χ2v) is 6.79. The van der Waals surface area contributed by atoms with Gasteiger partial charge in [0, 0.05) is 17.7 Å².